The molecule has 3 rings (SSSR count). The van der Waals surface area contributed by atoms with Crippen LogP contribution in [0.4, 0.5) is 0 Å². The van der Waals surface area contributed by atoms with Crippen molar-refractivity contribution in [3.8, 4) is 0 Å². The second-order valence-corrected chi connectivity index (χ2v) is 6.87. The van der Waals surface area contributed by atoms with Gasteiger partial charge in [0.15, 0.2) is 5.16 Å². The molecule has 1 saturated carbocycles. The van der Waals surface area contributed by atoms with E-state index in [4.69, 9.17) is 11.6 Å². The number of hydrogen-bond acceptors (Lipinski definition) is 3. The molecule has 2 aromatic rings. The number of rotatable bonds is 5. The number of thioether (sulfide) groups is 1. The molecular formula is C15H18ClN3S. The predicted molar refractivity (Wildman–Crippen MR) is 83.4 cm³/mol. The number of hydrogen-bond donors (Lipinski definition) is 0. The summed E-state index contributed by atoms with van der Waals surface area (Å²) >= 11 is 7.65. The summed E-state index contributed by atoms with van der Waals surface area (Å²) in [5.41, 5.74) is 1.26. The van der Waals surface area contributed by atoms with Crippen molar-refractivity contribution in [2.45, 2.75) is 49.6 Å². The van der Waals surface area contributed by atoms with E-state index in [9.17, 15) is 0 Å². The van der Waals surface area contributed by atoms with Crippen LogP contribution in [-0.4, -0.2) is 14.8 Å². The fraction of sp³-hybridized carbons (Fsp3) is 0.467. The van der Waals surface area contributed by atoms with Crippen LogP contribution >= 0.6 is 23.4 Å². The quantitative estimate of drug-likeness (QED) is 0.751. The highest BCUT2D eigenvalue weighted by molar-refractivity contribution is 7.98. The molecule has 1 aliphatic carbocycles. The molecule has 0 atom stereocenters. The van der Waals surface area contributed by atoms with Gasteiger partial charge in [-0.3, -0.25) is 0 Å². The zero-order valence-corrected chi connectivity index (χ0v) is 13.3. The summed E-state index contributed by atoms with van der Waals surface area (Å²) in [6, 6.07) is 8.40. The van der Waals surface area contributed by atoms with Gasteiger partial charge in [0, 0.05) is 22.7 Å². The fourth-order valence-corrected chi connectivity index (χ4v) is 3.38. The molecule has 3 nitrogen and oxygen atoms in total. The Bertz CT molecular complexity index is 588. The lowest BCUT2D eigenvalue weighted by Gasteiger charge is -2.13. The Morgan fingerprint density at radius 1 is 1.25 bits per heavy atom. The average Bonchev–Trinajstić information content (AvgIpc) is 3.18. The summed E-state index contributed by atoms with van der Waals surface area (Å²) in [4.78, 5) is 0. The smallest absolute Gasteiger partial charge is 0.191 e. The van der Waals surface area contributed by atoms with Gasteiger partial charge in [0.25, 0.3) is 0 Å². The topological polar surface area (TPSA) is 30.7 Å². The second kappa shape index (κ2) is 5.78. The molecule has 20 heavy (non-hydrogen) atoms. The van der Waals surface area contributed by atoms with Crippen LogP contribution < -0.4 is 0 Å². The maximum atomic E-state index is 5.91. The van der Waals surface area contributed by atoms with Gasteiger partial charge in [-0.1, -0.05) is 35.5 Å². The van der Waals surface area contributed by atoms with Gasteiger partial charge in [0.1, 0.15) is 5.82 Å². The summed E-state index contributed by atoms with van der Waals surface area (Å²) in [6.45, 7) is 4.39. The molecule has 0 bridgehead atoms. The van der Waals surface area contributed by atoms with Gasteiger partial charge in [-0.15, -0.1) is 10.2 Å². The van der Waals surface area contributed by atoms with E-state index < -0.39 is 0 Å². The lowest BCUT2D eigenvalue weighted by Crippen LogP contribution is -2.07. The van der Waals surface area contributed by atoms with E-state index >= 15 is 0 Å². The minimum absolute atomic E-state index is 0.410. The van der Waals surface area contributed by atoms with Crippen molar-refractivity contribution in [1.29, 1.82) is 0 Å². The van der Waals surface area contributed by atoms with Crippen molar-refractivity contribution >= 4 is 23.4 Å². The molecule has 1 aliphatic rings. The van der Waals surface area contributed by atoms with Crippen LogP contribution in [0.2, 0.25) is 5.02 Å². The summed E-state index contributed by atoms with van der Waals surface area (Å²) in [7, 11) is 0. The van der Waals surface area contributed by atoms with Crippen LogP contribution in [0.3, 0.4) is 0 Å². The molecule has 1 fully saturated rings. The summed E-state index contributed by atoms with van der Waals surface area (Å²) in [6.07, 6.45) is 2.51. The number of halogens is 1. The summed E-state index contributed by atoms with van der Waals surface area (Å²) in [5.74, 6) is 2.69. The monoisotopic (exact) mass is 307 g/mol. The molecule has 0 radical (unpaired) electrons. The predicted octanol–water partition coefficient (Wildman–Crippen LogP) is 4.68. The normalized spacial score (nSPS) is 15.0. The van der Waals surface area contributed by atoms with E-state index in [-0.39, 0.29) is 0 Å². The summed E-state index contributed by atoms with van der Waals surface area (Å²) in [5, 5.41) is 10.6. The number of nitrogens with zero attached hydrogens (tertiary/aromatic N) is 3. The molecular weight excluding hydrogens is 290 g/mol. The molecule has 1 aromatic carbocycles. The third-order valence-electron chi connectivity index (χ3n) is 3.43. The van der Waals surface area contributed by atoms with Crippen LogP contribution in [0.1, 0.15) is 50.0 Å². The first kappa shape index (κ1) is 14.0. The highest BCUT2D eigenvalue weighted by atomic mass is 35.5. The zero-order chi connectivity index (χ0) is 14.1. The Labute approximate surface area is 128 Å². The molecule has 0 spiro atoms. The van der Waals surface area contributed by atoms with Gasteiger partial charge in [-0.05, 0) is 44.4 Å². The van der Waals surface area contributed by atoms with E-state index in [0.29, 0.717) is 12.0 Å². The van der Waals surface area contributed by atoms with Gasteiger partial charge in [-0.25, -0.2) is 0 Å². The van der Waals surface area contributed by atoms with Crippen LogP contribution in [0.15, 0.2) is 29.4 Å². The van der Waals surface area contributed by atoms with Crippen LogP contribution in [0.25, 0.3) is 0 Å². The molecule has 0 saturated heterocycles. The maximum Gasteiger partial charge on any atom is 0.191 e. The fourth-order valence-electron chi connectivity index (χ4n) is 2.22. The first-order chi connectivity index (χ1) is 9.65. The van der Waals surface area contributed by atoms with Gasteiger partial charge in [0.2, 0.25) is 0 Å². The van der Waals surface area contributed by atoms with Crippen molar-refractivity contribution in [3.63, 3.8) is 0 Å². The van der Waals surface area contributed by atoms with Crippen LogP contribution in [0, 0.1) is 0 Å². The van der Waals surface area contributed by atoms with Gasteiger partial charge < -0.3 is 4.57 Å². The molecule has 1 heterocycles. The van der Waals surface area contributed by atoms with Gasteiger partial charge >= 0.3 is 0 Å². The Morgan fingerprint density at radius 2 is 1.95 bits per heavy atom. The SMILES string of the molecule is CC(C)n1c(SCc2ccc(Cl)cc2)nnc1C1CC1. The Kier molecular flexibility index (Phi) is 4.03. The van der Waals surface area contributed by atoms with E-state index in [0.717, 1.165) is 15.9 Å². The lowest BCUT2D eigenvalue weighted by atomic mass is 10.2. The van der Waals surface area contributed by atoms with Crippen molar-refractivity contribution in [1.82, 2.24) is 14.8 Å². The molecule has 0 N–H and O–H groups in total. The number of aromatic nitrogens is 3. The maximum absolute atomic E-state index is 5.91. The average molecular weight is 308 g/mol. The highest BCUT2D eigenvalue weighted by Gasteiger charge is 2.31. The van der Waals surface area contributed by atoms with Gasteiger partial charge in [-0.2, -0.15) is 0 Å². The Morgan fingerprint density at radius 3 is 2.55 bits per heavy atom. The van der Waals surface area contributed by atoms with Crippen molar-refractivity contribution in [2.75, 3.05) is 0 Å². The first-order valence-corrected chi connectivity index (χ1v) is 8.33. The Hall–Kier alpha value is -1.00. The molecule has 0 amide bonds. The minimum atomic E-state index is 0.410. The standard InChI is InChI=1S/C15H18ClN3S/c1-10(2)19-14(12-5-6-12)17-18-15(19)20-9-11-3-7-13(16)8-4-11/h3-4,7-8,10,12H,5-6,9H2,1-2H3. The van der Waals surface area contributed by atoms with Crippen molar-refractivity contribution < 1.29 is 0 Å². The molecule has 5 heteroatoms. The summed E-state index contributed by atoms with van der Waals surface area (Å²) < 4.78 is 2.29. The second-order valence-electron chi connectivity index (χ2n) is 5.49. The largest absolute Gasteiger partial charge is 0.303 e. The third kappa shape index (κ3) is 3.01. The molecule has 0 aliphatic heterocycles. The zero-order valence-electron chi connectivity index (χ0n) is 11.7. The van der Waals surface area contributed by atoms with Crippen LogP contribution in [0.5, 0.6) is 0 Å². The van der Waals surface area contributed by atoms with Crippen molar-refractivity contribution in [3.05, 3.63) is 40.7 Å². The molecule has 0 unspecified atom stereocenters. The Balaban J connectivity index is 1.75. The van der Waals surface area contributed by atoms with E-state index in [1.165, 1.54) is 24.2 Å². The molecule has 1 aromatic heterocycles. The first-order valence-electron chi connectivity index (χ1n) is 6.97. The highest BCUT2D eigenvalue weighted by Crippen LogP contribution is 2.41. The number of benzene rings is 1. The molecule has 106 valence electrons. The van der Waals surface area contributed by atoms with E-state index in [2.05, 4.69) is 40.7 Å². The third-order valence-corrected chi connectivity index (χ3v) is 4.70. The van der Waals surface area contributed by atoms with Crippen molar-refractivity contribution in [2.24, 2.45) is 0 Å². The van der Waals surface area contributed by atoms with E-state index in [1.54, 1.807) is 11.8 Å². The van der Waals surface area contributed by atoms with Crippen LogP contribution in [-0.2, 0) is 5.75 Å². The lowest BCUT2D eigenvalue weighted by molar-refractivity contribution is 0.526. The van der Waals surface area contributed by atoms with E-state index in [1.807, 2.05) is 12.1 Å². The minimum Gasteiger partial charge on any atom is -0.303 e. The van der Waals surface area contributed by atoms with Gasteiger partial charge in [0.05, 0.1) is 0 Å².